The van der Waals surface area contributed by atoms with Gasteiger partial charge in [-0.05, 0) is 42.8 Å². The Kier molecular flexibility index (Phi) is 5.51. The molecule has 2 aromatic rings. The molecule has 6 nitrogen and oxygen atoms in total. The number of carbonyl (C=O) groups excluding carboxylic acids is 1. The molecule has 0 bridgehead atoms. The molecular weight excluding hydrogens is 414 g/mol. The molecule has 0 spiro atoms. The predicted octanol–water partition coefficient (Wildman–Crippen LogP) is 5.26. The average molecular weight is 430 g/mol. The largest absolute Gasteiger partial charge is 0.506 e. The first kappa shape index (κ1) is 19.4. The van der Waals surface area contributed by atoms with E-state index in [1.54, 1.807) is 49.4 Å². The lowest BCUT2D eigenvalue weighted by Crippen LogP contribution is -2.12. The van der Waals surface area contributed by atoms with Crippen LogP contribution in [0.15, 0.2) is 63.7 Å². The fourth-order valence-electron chi connectivity index (χ4n) is 2.80. The first-order valence-corrected chi connectivity index (χ1v) is 9.99. The van der Waals surface area contributed by atoms with Crippen LogP contribution in [0.4, 0.5) is 5.69 Å². The van der Waals surface area contributed by atoms with Crippen molar-refractivity contribution in [3.05, 3.63) is 69.3 Å². The normalized spacial score (nSPS) is 18.0. The number of thioether (sulfide) groups is 1. The Morgan fingerprint density at radius 2 is 2.07 bits per heavy atom. The molecule has 1 N–H and O–H groups in total. The Morgan fingerprint density at radius 3 is 2.86 bits per heavy atom. The fourth-order valence-corrected chi connectivity index (χ4v) is 4.00. The van der Waals surface area contributed by atoms with E-state index < -0.39 is 5.97 Å². The molecule has 0 unspecified atom stereocenters. The summed E-state index contributed by atoms with van der Waals surface area (Å²) in [4.78, 5) is 17.4. The lowest BCUT2D eigenvalue weighted by Gasteiger charge is -2.04. The van der Waals surface area contributed by atoms with Crippen LogP contribution in [0.1, 0.15) is 12.5 Å². The monoisotopic (exact) mass is 429 g/mol. The smallest absolute Gasteiger partial charge is 0.344 e. The maximum Gasteiger partial charge on any atom is 0.344 e. The van der Waals surface area contributed by atoms with Gasteiger partial charge >= 0.3 is 5.97 Å². The summed E-state index contributed by atoms with van der Waals surface area (Å²) < 4.78 is 15.8. The highest BCUT2D eigenvalue weighted by atomic mass is 35.5. The maximum absolute atomic E-state index is 12.5. The summed E-state index contributed by atoms with van der Waals surface area (Å²) in [5, 5.41) is 11.5. The molecule has 2 aliphatic rings. The standard InChI is InChI=1S/C21H16ClNO5S/c1-2-26-21(25)18-19(24)17(10-12-7-8-15-16(9-12)28-11-27-15)29-20(18)23-14-6-4-3-5-13(14)22/h3-10,24H,2,11H2,1H3/b17-10+,23-20?. The number of halogens is 1. The van der Waals surface area contributed by atoms with Crippen molar-refractivity contribution in [1.29, 1.82) is 0 Å². The van der Waals surface area contributed by atoms with Crippen LogP contribution in [-0.2, 0) is 9.53 Å². The molecule has 2 aromatic carbocycles. The average Bonchev–Trinajstić information content (AvgIpc) is 3.28. The fraction of sp³-hybridized carbons (Fsp3) is 0.143. The molecule has 0 aromatic heterocycles. The van der Waals surface area contributed by atoms with E-state index in [1.165, 1.54) is 11.8 Å². The third-order valence-electron chi connectivity index (χ3n) is 4.14. The third kappa shape index (κ3) is 3.97. The van der Waals surface area contributed by atoms with Gasteiger partial charge in [-0.3, -0.25) is 0 Å². The number of esters is 1. The lowest BCUT2D eigenvalue weighted by molar-refractivity contribution is -0.138. The Bertz CT molecular complexity index is 1080. The summed E-state index contributed by atoms with van der Waals surface area (Å²) in [6.45, 7) is 2.06. The van der Waals surface area contributed by atoms with Gasteiger partial charge in [-0.15, -0.1) is 0 Å². The van der Waals surface area contributed by atoms with Crippen LogP contribution < -0.4 is 9.47 Å². The van der Waals surface area contributed by atoms with Crippen molar-refractivity contribution >= 4 is 46.1 Å². The molecule has 0 fully saturated rings. The summed E-state index contributed by atoms with van der Waals surface area (Å²) in [5.41, 5.74) is 1.30. The van der Waals surface area contributed by atoms with Crippen LogP contribution in [0.25, 0.3) is 6.08 Å². The molecule has 4 rings (SSSR count). The minimum Gasteiger partial charge on any atom is -0.506 e. The van der Waals surface area contributed by atoms with Gasteiger partial charge in [0.05, 0.1) is 22.2 Å². The highest BCUT2D eigenvalue weighted by molar-refractivity contribution is 8.18. The van der Waals surface area contributed by atoms with Crippen molar-refractivity contribution in [3.63, 3.8) is 0 Å². The maximum atomic E-state index is 12.5. The first-order valence-electron chi connectivity index (χ1n) is 8.80. The number of carbonyl (C=O) groups is 1. The number of aliphatic hydroxyl groups is 1. The SMILES string of the molecule is CCOC(=O)C1=C(O)/C(=C\c2ccc3c(c2)OCO3)SC1=Nc1ccccc1Cl. The van der Waals surface area contributed by atoms with Gasteiger partial charge in [0.2, 0.25) is 6.79 Å². The molecule has 8 heteroatoms. The van der Waals surface area contributed by atoms with E-state index in [2.05, 4.69) is 4.99 Å². The molecule has 148 valence electrons. The Labute approximate surface area is 176 Å². The molecule has 0 saturated carbocycles. The van der Waals surface area contributed by atoms with Crippen LogP contribution in [0.3, 0.4) is 0 Å². The van der Waals surface area contributed by atoms with E-state index in [1.807, 2.05) is 6.07 Å². The quantitative estimate of drug-likeness (QED) is 0.668. The van der Waals surface area contributed by atoms with Crippen molar-refractivity contribution in [3.8, 4) is 11.5 Å². The van der Waals surface area contributed by atoms with Gasteiger partial charge < -0.3 is 19.3 Å². The molecule has 2 aliphatic heterocycles. The zero-order chi connectivity index (χ0) is 20.4. The number of ether oxygens (including phenoxy) is 3. The highest BCUT2D eigenvalue weighted by Gasteiger charge is 2.33. The Morgan fingerprint density at radius 1 is 1.28 bits per heavy atom. The van der Waals surface area contributed by atoms with Crippen LogP contribution >= 0.6 is 23.4 Å². The molecule has 0 atom stereocenters. The molecule has 2 heterocycles. The third-order valence-corrected chi connectivity index (χ3v) is 5.48. The zero-order valence-corrected chi connectivity index (χ0v) is 16.9. The number of aliphatic imine (C=N–C) groups is 1. The van der Waals surface area contributed by atoms with Gasteiger partial charge in [0.25, 0.3) is 0 Å². The van der Waals surface area contributed by atoms with Crippen molar-refractivity contribution in [2.45, 2.75) is 6.92 Å². The summed E-state index contributed by atoms with van der Waals surface area (Å²) in [6.07, 6.45) is 1.75. The first-order chi connectivity index (χ1) is 14.1. The number of para-hydroxylation sites is 1. The van der Waals surface area contributed by atoms with E-state index in [0.29, 0.717) is 32.2 Å². The zero-order valence-electron chi connectivity index (χ0n) is 15.3. The lowest BCUT2D eigenvalue weighted by atomic mass is 10.1. The predicted molar refractivity (Wildman–Crippen MR) is 113 cm³/mol. The summed E-state index contributed by atoms with van der Waals surface area (Å²) in [7, 11) is 0. The van der Waals surface area contributed by atoms with Gasteiger partial charge in [0.1, 0.15) is 16.4 Å². The van der Waals surface area contributed by atoms with Crippen molar-refractivity contribution in [2.24, 2.45) is 4.99 Å². The van der Waals surface area contributed by atoms with E-state index in [0.717, 1.165) is 5.56 Å². The Balaban J connectivity index is 1.74. The number of aliphatic hydroxyl groups excluding tert-OH is 1. The van der Waals surface area contributed by atoms with E-state index in [9.17, 15) is 9.90 Å². The van der Waals surface area contributed by atoms with Gasteiger partial charge in [-0.25, -0.2) is 9.79 Å². The number of benzene rings is 2. The van der Waals surface area contributed by atoms with Gasteiger partial charge in [-0.2, -0.15) is 0 Å². The van der Waals surface area contributed by atoms with Gasteiger partial charge in [-0.1, -0.05) is 41.6 Å². The van der Waals surface area contributed by atoms with Crippen molar-refractivity contribution in [1.82, 2.24) is 0 Å². The topological polar surface area (TPSA) is 77.4 Å². The summed E-state index contributed by atoms with van der Waals surface area (Å²) in [6, 6.07) is 12.4. The molecule has 29 heavy (non-hydrogen) atoms. The molecule has 0 amide bonds. The van der Waals surface area contributed by atoms with E-state index in [4.69, 9.17) is 25.8 Å². The number of hydrogen-bond acceptors (Lipinski definition) is 7. The molecule has 0 saturated heterocycles. The number of hydrogen-bond donors (Lipinski definition) is 1. The second kappa shape index (κ2) is 8.23. The van der Waals surface area contributed by atoms with E-state index >= 15 is 0 Å². The molecule has 0 aliphatic carbocycles. The number of rotatable bonds is 4. The van der Waals surface area contributed by atoms with Crippen LogP contribution in [0, 0.1) is 0 Å². The van der Waals surface area contributed by atoms with Gasteiger partial charge in [0, 0.05) is 0 Å². The highest BCUT2D eigenvalue weighted by Crippen LogP contribution is 2.42. The summed E-state index contributed by atoms with van der Waals surface area (Å²) in [5.74, 6) is 0.467. The second-order valence-corrected chi connectivity index (χ2v) is 7.47. The minimum absolute atomic E-state index is 0.0174. The number of fused-ring (bicyclic) bond motifs is 1. The van der Waals surface area contributed by atoms with E-state index in [-0.39, 0.29) is 24.7 Å². The summed E-state index contributed by atoms with van der Waals surface area (Å²) >= 11 is 7.36. The molecule has 0 radical (unpaired) electrons. The second-order valence-electron chi connectivity index (χ2n) is 6.04. The van der Waals surface area contributed by atoms with Crippen molar-refractivity contribution < 1.29 is 24.1 Å². The van der Waals surface area contributed by atoms with Crippen LogP contribution in [0.5, 0.6) is 11.5 Å². The number of nitrogens with zero attached hydrogens (tertiary/aromatic N) is 1. The van der Waals surface area contributed by atoms with Crippen LogP contribution in [-0.4, -0.2) is 29.5 Å². The minimum atomic E-state index is -0.641. The Hall–Kier alpha value is -2.90. The van der Waals surface area contributed by atoms with Gasteiger partial charge in [0.15, 0.2) is 11.5 Å². The van der Waals surface area contributed by atoms with Crippen LogP contribution in [0.2, 0.25) is 5.02 Å². The van der Waals surface area contributed by atoms with Crippen molar-refractivity contribution in [2.75, 3.05) is 13.4 Å². The molecular formula is C21H16ClNO5S.